The van der Waals surface area contributed by atoms with Crippen LogP contribution in [0.5, 0.6) is 5.88 Å². The summed E-state index contributed by atoms with van der Waals surface area (Å²) in [6.45, 7) is 5.97. The molecule has 174 valence electrons. The summed E-state index contributed by atoms with van der Waals surface area (Å²) in [5.41, 5.74) is 1.33. The molecule has 8 nitrogen and oxygen atoms in total. The predicted octanol–water partition coefficient (Wildman–Crippen LogP) is 1.71. The number of para-hydroxylation sites is 1. The van der Waals surface area contributed by atoms with Crippen molar-refractivity contribution in [2.75, 3.05) is 6.54 Å². The number of carbonyl (C=O) groups excluding carboxylic acids is 1. The highest BCUT2D eigenvalue weighted by molar-refractivity contribution is 5.77. The highest BCUT2D eigenvalue weighted by atomic mass is 16.3. The van der Waals surface area contributed by atoms with Crippen LogP contribution in [0.15, 0.2) is 68.8 Å². The second-order valence-electron chi connectivity index (χ2n) is 8.45. The van der Waals surface area contributed by atoms with E-state index in [1.165, 1.54) is 13.0 Å². The molecule has 0 fully saturated rings. The Kier molecular flexibility index (Phi) is 6.32. The van der Waals surface area contributed by atoms with Crippen LogP contribution in [-0.2, 0) is 4.79 Å². The summed E-state index contributed by atoms with van der Waals surface area (Å²) < 4.78 is 1.07. The molecule has 0 aliphatic carbocycles. The number of benzene rings is 2. The molecule has 1 aliphatic heterocycles. The van der Waals surface area contributed by atoms with Gasteiger partial charge in [0, 0.05) is 18.7 Å². The molecule has 0 unspecified atom stereocenters. The lowest BCUT2D eigenvalue weighted by molar-refractivity contribution is -0.118. The van der Waals surface area contributed by atoms with Crippen LogP contribution in [0.3, 0.4) is 0 Å². The predicted molar refractivity (Wildman–Crippen MR) is 130 cm³/mol. The van der Waals surface area contributed by atoms with E-state index < -0.39 is 17.1 Å². The Bertz CT molecular complexity index is 1530. The van der Waals surface area contributed by atoms with Gasteiger partial charge in [-0.25, -0.2) is 14.4 Å². The van der Waals surface area contributed by atoms with Gasteiger partial charge in [-0.15, -0.1) is 0 Å². The van der Waals surface area contributed by atoms with Crippen molar-refractivity contribution in [2.24, 2.45) is 4.99 Å². The zero-order chi connectivity index (χ0) is 24.4. The monoisotopic (exact) mass is 458 g/mol. The molecule has 8 heteroatoms. The molecule has 0 bridgehead atoms. The third-order valence-corrected chi connectivity index (χ3v) is 5.75. The maximum absolute atomic E-state index is 12.7. The molecule has 0 radical (unpaired) electrons. The number of H-pyrrole nitrogens is 1. The largest absolute Gasteiger partial charge is 0.494 e. The minimum absolute atomic E-state index is 0.0730. The van der Waals surface area contributed by atoms with Crippen molar-refractivity contribution in [1.82, 2.24) is 14.9 Å². The Hall–Kier alpha value is -4.20. The zero-order valence-electron chi connectivity index (χ0n) is 19.3. The molecule has 2 aromatic carbocycles. The second kappa shape index (κ2) is 9.35. The van der Waals surface area contributed by atoms with Crippen LogP contribution in [0.4, 0.5) is 0 Å². The Labute approximate surface area is 195 Å². The van der Waals surface area contributed by atoms with Crippen molar-refractivity contribution >= 4 is 17.6 Å². The summed E-state index contributed by atoms with van der Waals surface area (Å²) >= 11 is 0. The molecule has 0 saturated heterocycles. The van der Waals surface area contributed by atoms with Gasteiger partial charge in [-0.2, -0.15) is 0 Å². The third kappa shape index (κ3) is 4.47. The number of hydrogen-bond donors (Lipinski definition) is 3. The van der Waals surface area contributed by atoms with Gasteiger partial charge in [-0.05, 0) is 47.8 Å². The number of rotatable bonds is 6. The molecular weight excluding hydrogens is 432 g/mol. The Morgan fingerprint density at radius 1 is 1.15 bits per heavy atom. The van der Waals surface area contributed by atoms with Crippen LogP contribution in [0.2, 0.25) is 0 Å². The van der Waals surface area contributed by atoms with E-state index >= 15 is 0 Å². The maximum Gasteiger partial charge on any atom is 0.335 e. The van der Waals surface area contributed by atoms with E-state index in [0.717, 1.165) is 26.3 Å². The van der Waals surface area contributed by atoms with Gasteiger partial charge < -0.3 is 10.4 Å². The van der Waals surface area contributed by atoms with Crippen LogP contribution in [0, 0.1) is 0 Å². The number of hydrogen-bond acceptors (Lipinski definition) is 5. The van der Waals surface area contributed by atoms with E-state index in [4.69, 9.17) is 0 Å². The number of amides is 1. The van der Waals surface area contributed by atoms with Crippen molar-refractivity contribution in [1.29, 1.82) is 0 Å². The van der Waals surface area contributed by atoms with E-state index in [0.29, 0.717) is 30.3 Å². The molecule has 0 atom stereocenters. The average Bonchev–Trinajstić information content (AvgIpc) is 3.14. The van der Waals surface area contributed by atoms with Gasteiger partial charge in [0.25, 0.3) is 5.56 Å². The standard InChI is InChI=1S/C26H26N4O4/c1-15(2)17-8-10-18(11-9-17)30-25(33)21(24(32)29-26(30)34)14-23-20(12-13-27-16(3)31)19-6-4-5-7-22(19)28-23/h4-11,14-15,33H,12-13H2,1-3H3,(H,27,31)(H,29,32,34). The summed E-state index contributed by atoms with van der Waals surface area (Å²) in [6, 6.07) is 14.7. The van der Waals surface area contributed by atoms with E-state index in [-0.39, 0.29) is 11.5 Å². The first-order chi connectivity index (χ1) is 16.3. The molecule has 0 saturated carbocycles. The number of nitrogens with one attached hydrogen (secondary N) is 2. The quantitative estimate of drug-likeness (QED) is 0.521. The average molecular weight is 459 g/mol. The third-order valence-electron chi connectivity index (χ3n) is 5.75. The number of aromatic nitrogens is 2. The number of aromatic amines is 1. The van der Waals surface area contributed by atoms with Crippen LogP contribution >= 0.6 is 0 Å². The summed E-state index contributed by atoms with van der Waals surface area (Å²) in [5, 5.41) is 15.4. The Balaban J connectivity index is 1.83. The van der Waals surface area contributed by atoms with Crippen molar-refractivity contribution in [3.05, 3.63) is 96.8 Å². The lowest BCUT2D eigenvalue weighted by Gasteiger charge is -2.12. The first-order valence-electron chi connectivity index (χ1n) is 11.1. The maximum atomic E-state index is 12.7. The zero-order valence-corrected chi connectivity index (χ0v) is 19.3. The van der Waals surface area contributed by atoms with E-state index in [2.05, 4.69) is 29.1 Å². The van der Waals surface area contributed by atoms with Crippen LogP contribution in [0.25, 0.3) is 17.3 Å². The summed E-state index contributed by atoms with van der Waals surface area (Å²) in [5.74, 6) is -0.294. The molecule has 1 amide bonds. The fourth-order valence-electron chi connectivity index (χ4n) is 3.96. The molecule has 2 heterocycles. The van der Waals surface area contributed by atoms with Crippen molar-refractivity contribution in [2.45, 2.75) is 33.1 Å². The second-order valence-corrected chi connectivity index (χ2v) is 8.45. The van der Waals surface area contributed by atoms with Crippen molar-refractivity contribution in [3.8, 4) is 11.6 Å². The number of allylic oxidation sites excluding steroid dienone is 1. The highest BCUT2D eigenvalue weighted by Gasteiger charge is 2.18. The van der Waals surface area contributed by atoms with Crippen molar-refractivity contribution in [3.63, 3.8) is 0 Å². The molecule has 3 N–H and O–H groups in total. The van der Waals surface area contributed by atoms with Gasteiger partial charge in [-0.3, -0.25) is 14.6 Å². The normalized spacial score (nSPS) is 13.8. The fraction of sp³-hybridized carbons (Fsp3) is 0.231. The van der Waals surface area contributed by atoms with Gasteiger partial charge in [0.2, 0.25) is 11.8 Å². The first-order valence-corrected chi connectivity index (χ1v) is 11.1. The molecule has 4 rings (SSSR count). The minimum Gasteiger partial charge on any atom is -0.494 e. The molecule has 34 heavy (non-hydrogen) atoms. The van der Waals surface area contributed by atoms with Crippen LogP contribution in [0.1, 0.15) is 44.2 Å². The minimum atomic E-state index is -0.733. The smallest absolute Gasteiger partial charge is 0.335 e. The SMILES string of the molecule is CC(=O)NCCC1=c2ccccc2=NC1=Cc1c(O)n(-c2ccc(C(C)C)cc2)c(=O)[nH]c1=O. The van der Waals surface area contributed by atoms with Gasteiger partial charge in [0.1, 0.15) is 5.56 Å². The Morgan fingerprint density at radius 2 is 1.85 bits per heavy atom. The summed E-state index contributed by atoms with van der Waals surface area (Å²) in [4.78, 5) is 43.5. The number of nitrogens with zero attached hydrogens (tertiary/aromatic N) is 2. The van der Waals surface area contributed by atoms with E-state index in [9.17, 15) is 19.5 Å². The first kappa shape index (κ1) is 23.0. The number of aromatic hydroxyl groups is 1. The fourth-order valence-corrected chi connectivity index (χ4v) is 3.96. The van der Waals surface area contributed by atoms with Gasteiger partial charge >= 0.3 is 5.69 Å². The lowest BCUT2D eigenvalue weighted by Crippen LogP contribution is -2.30. The summed E-state index contributed by atoms with van der Waals surface area (Å²) in [6.07, 6.45) is 1.97. The Morgan fingerprint density at radius 3 is 2.53 bits per heavy atom. The lowest BCUT2D eigenvalue weighted by atomic mass is 10.0. The molecular formula is C26H26N4O4. The van der Waals surface area contributed by atoms with E-state index in [1.807, 2.05) is 36.4 Å². The molecule has 1 aliphatic rings. The number of fused-ring (bicyclic) bond motifs is 1. The van der Waals surface area contributed by atoms with Crippen molar-refractivity contribution < 1.29 is 9.90 Å². The van der Waals surface area contributed by atoms with Crippen LogP contribution < -0.4 is 27.1 Å². The molecule has 0 spiro atoms. The summed E-state index contributed by atoms with van der Waals surface area (Å²) in [7, 11) is 0. The van der Waals surface area contributed by atoms with Gasteiger partial charge in [0.15, 0.2) is 0 Å². The van der Waals surface area contributed by atoms with Crippen LogP contribution in [-0.4, -0.2) is 27.1 Å². The number of carbonyl (C=O) groups is 1. The van der Waals surface area contributed by atoms with Gasteiger partial charge in [0.05, 0.1) is 16.7 Å². The topological polar surface area (TPSA) is 117 Å². The van der Waals surface area contributed by atoms with E-state index in [1.54, 1.807) is 12.1 Å². The molecule has 1 aromatic heterocycles. The molecule has 3 aromatic rings. The van der Waals surface area contributed by atoms with Gasteiger partial charge in [-0.1, -0.05) is 44.2 Å². The highest BCUT2D eigenvalue weighted by Crippen LogP contribution is 2.25.